The van der Waals surface area contributed by atoms with E-state index in [2.05, 4.69) is 10.2 Å². The number of carbonyl (C=O) groups is 1. The Labute approximate surface area is 124 Å². The van der Waals surface area contributed by atoms with Crippen LogP contribution in [-0.2, 0) is 11.8 Å². The van der Waals surface area contributed by atoms with E-state index in [9.17, 15) is 14.9 Å². The van der Waals surface area contributed by atoms with Crippen molar-refractivity contribution in [3.63, 3.8) is 0 Å². The molecular formula is C12H12N4O4S. The van der Waals surface area contributed by atoms with Gasteiger partial charge in [0.25, 0.3) is 5.69 Å². The molecule has 0 spiro atoms. The van der Waals surface area contributed by atoms with Gasteiger partial charge in [-0.25, -0.2) is 0 Å². The lowest BCUT2D eigenvalue weighted by atomic mass is 10.1. The fourth-order valence-electron chi connectivity index (χ4n) is 1.86. The number of thioether (sulfide) groups is 1. The minimum absolute atomic E-state index is 0.00948. The van der Waals surface area contributed by atoms with Crippen LogP contribution in [0, 0.1) is 17.0 Å². The number of aromatic nitrogens is 3. The van der Waals surface area contributed by atoms with Crippen LogP contribution < -0.4 is 0 Å². The van der Waals surface area contributed by atoms with Gasteiger partial charge in [0.15, 0.2) is 11.0 Å². The van der Waals surface area contributed by atoms with Crippen LogP contribution >= 0.6 is 11.8 Å². The molecule has 0 radical (unpaired) electrons. The molecule has 2 aromatic rings. The molecule has 0 saturated heterocycles. The maximum absolute atomic E-state index is 11.0. The van der Waals surface area contributed by atoms with Gasteiger partial charge in [-0.05, 0) is 6.92 Å². The van der Waals surface area contributed by atoms with E-state index >= 15 is 0 Å². The standard InChI is InChI=1S/C12H12N4O4S/c1-7-8(4-3-5-9(7)16(19)20)11-13-14-12(15(11)2)21-6-10(17)18/h3-5H,6H2,1-2H3,(H,17,18). The first-order valence-electron chi connectivity index (χ1n) is 5.90. The van der Waals surface area contributed by atoms with Crippen molar-refractivity contribution in [1.82, 2.24) is 14.8 Å². The third-order valence-electron chi connectivity index (χ3n) is 2.90. The summed E-state index contributed by atoms with van der Waals surface area (Å²) < 4.78 is 1.62. The topological polar surface area (TPSA) is 111 Å². The highest BCUT2D eigenvalue weighted by atomic mass is 32.2. The highest BCUT2D eigenvalue weighted by molar-refractivity contribution is 7.99. The van der Waals surface area contributed by atoms with Gasteiger partial charge in [0.1, 0.15) is 0 Å². The summed E-state index contributed by atoms with van der Waals surface area (Å²) in [5.41, 5.74) is 1.10. The molecule has 21 heavy (non-hydrogen) atoms. The lowest BCUT2D eigenvalue weighted by molar-refractivity contribution is -0.385. The number of nitrogens with zero attached hydrogens (tertiary/aromatic N) is 4. The van der Waals surface area contributed by atoms with Crippen molar-refractivity contribution in [3.8, 4) is 11.4 Å². The van der Waals surface area contributed by atoms with E-state index in [0.717, 1.165) is 11.8 Å². The molecule has 0 amide bonds. The number of nitro groups is 1. The van der Waals surface area contributed by atoms with E-state index in [1.165, 1.54) is 6.07 Å². The number of nitro benzene ring substituents is 1. The summed E-state index contributed by atoms with van der Waals surface area (Å²) in [5, 5.41) is 28.0. The number of carboxylic acid groups (broad SMARTS) is 1. The summed E-state index contributed by atoms with van der Waals surface area (Å²) in [6.07, 6.45) is 0. The Bertz CT molecular complexity index is 713. The molecule has 1 aromatic heterocycles. The van der Waals surface area contributed by atoms with Crippen LogP contribution in [0.25, 0.3) is 11.4 Å². The largest absolute Gasteiger partial charge is 0.481 e. The summed E-state index contributed by atoms with van der Waals surface area (Å²) in [6.45, 7) is 1.65. The Morgan fingerprint density at radius 3 is 2.81 bits per heavy atom. The predicted octanol–water partition coefficient (Wildman–Crippen LogP) is 1.88. The molecule has 1 N–H and O–H groups in total. The second-order valence-corrected chi connectivity index (χ2v) is 5.20. The normalized spacial score (nSPS) is 10.6. The van der Waals surface area contributed by atoms with Crippen LogP contribution in [0.1, 0.15) is 5.56 Å². The van der Waals surface area contributed by atoms with Crippen molar-refractivity contribution in [2.45, 2.75) is 12.1 Å². The molecule has 110 valence electrons. The van der Waals surface area contributed by atoms with Crippen LogP contribution in [0.4, 0.5) is 5.69 Å². The van der Waals surface area contributed by atoms with E-state index in [1.807, 2.05) is 0 Å². The van der Waals surface area contributed by atoms with Crippen molar-refractivity contribution in [1.29, 1.82) is 0 Å². The molecule has 0 fully saturated rings. The van der Waals surface area contributed by atoms with Crippen LogP contribution in [-0.4, -0.2) is 36.5 Å². The Morgan fingerprint density at radius 1 is 1.48 bits per heavy atom. The van der Waals surface area contributed by atoms with Gasteiger partial charge in [-0.15, -0.1) is 10.2 Å². The highest BCUT2D eigenvalue weighted by Gasteiger charge is 2.19. The Morgan fingerprint density at radius 2 is 2.19 bits per heavy atom. The van der Waals surface area contributed by atoms with Crippen LogP contribution in [0.5, 0.6) is 0 Å². The second kappa shape index (κ2) is 5.92. The first-order chi connectivity index (χ1) is 9.91. The Hall–Kier alpha value is -2.42. The average molecular weight is 308 g/mol. The highest BCUT2D eigenvalue weighted by Crippen LogP contribution is 2.30. The molecule has 1 heterocycles. The van der Waals surface area contributed by atoms with Crippen LogP contribution in [0.15, 0.2) is 23.4 Å². The van der Waals surface area contributed by atoms with Gasteiger partial charge in [0, 0.05) is 24.2 Å². The molecule has 0 atom stereocenters. The molecular weight excluding hydrogens is 296 g/mol. The van der Waals surface area contributed by atoms with Crippen LogP contribution in [0.3, 0.4) is 0 Å². The molecule has 8 nitrogen and oxygen atoms in total. The monoisotopic (exact) mass is 308 g/mol. The molecule has 0 bridgehead atoms. The van der Waals surface area contributed by atoms with Gasteiger partial charge < -0.3 is 9.67 Å². The van der Waals surface area contributed by atoms with Crippen LogP contribution in [0.2, 0.25) is 0 Å². The maximum atomic E-state index is 11.0. The van der Waals surface area contributed by atoms with E-state index in [4.69, 9.17) is 5.11 Å². The summed E-state index contributed by atoms with van der Waals surface area (Å²) in [6, 6.07) is 4.73. The lowest BCUT2D eigenvalue weighted by Gasteiger charge is -2.06. The zero-order valence-corrected chi connectivity index (χ0v) is 12.1. The summed E-state index contributed by atoms with van der Waals surface area (Å²) in [7, 11) is 1.69. The molecule has 9 heteroatoms. The minimum Gasteiger partial charge on any atom is -0.481 e. The van der Waals surface area contributed by atoms with Gasteiger partial charge in [-0.3, -0.25) is 14.9 Å². The van der Waals surface area contributed by atoms with Crippen molar-refractivity contribution in [2.75, 3.05) is 5.75 Å². The zero-order valence-electron chi connectivity index (χ0n) is 11.3. The number of aliphatic carboxylic acids is 1. The predicted molar refractivity (Wildman–Crippen MR) is 76.2 cm³/mol. The summed E-state index contributed by atoms with van der Waals surface area (Å²) >= 11 is 1.04. The Balaban J connectivity index is 2.42. The lowest BCUT2D eigenvalue weighted by Crippen LogP contribution is -2.02. The fourth-order valence-corrected chi connectivity index (χ4v) is 2.50. The second-order valence-electron chi connectivity index (χ2n) is 4.25. The third kappa shape index (κ3) is 3.02. The molecule has 1 aromatic carbocycles. The third-order valence-corrected chi connectivity index (χ3v) is 3.91. The molecule has 2 rings (SSSR count). The first-order valence-corrected chi connectivity index (χ1v) is 6.88. The zero-order chi connectivity index (χ0) is 15.6. The van der Waals surface area contributed by atoms with E-state index in [0.29, 0.717) is 22.1 Å². The molecule has 0 saturated carbocycles. The average Bonchev–Trinajstić information content (AvgIpc) is 2.77. The van der Waals surface area contributed by atoms with E-state index < -0.39 is 10.9 Å². The van der Waals surface area contributed by atoms with Crippen molar-refractivity contribution in [3.05, 3.63) is 33.9 Å². The number of rotatable bonds is 5. The number of benzene rings is 1. The van der Waals surface area contributed by atoms with Gasteiger partial charge in [-0.1, -0.05) is 23.9 Å². The number of carboxylic acids is 1. The maximum Gasteiger partial charge on any atom is 0.313 e. The molecule has 0 unspecified atom stereocenters. The molecule has 0 aliphatic rings. The van der Waals surface area contributed by atoms with Crippen molar-refractivity contribution >= 4 is 23.4 Å². The van der Waals surface area contributed by atoms with Gasteiger partial charge >= 0.3 is 5.97 Å². The van der Waals surface area contributed by atoms with Crippen molar-refractivity contribution in [2.24, 2.45) is 7.05 Å². The van der Waals surface area contributed by atoms with Crippen molar-refractivity contribution < 1.29 is 14.8 Å². The number of hydrogen-bond acceptors (Lipinski definition) is 6. The first kappa shape index (κ1) is 15.0. The smallest absolute Gasteiger partial charge is 0.313 e. The van der Waals surface area contributed by atoms with E-state index in [-0.39, 0.29) is 11.4 Å². The molecule has 0 aliphatic heterocycles. The van der Waals surface area contributed by atoms with Gasteiger partial charge in [0.2, 0.25) is 0 Å². The SMILES string of the molecule is Cc1c(-c2nnc(SCC(=O)O)n2C)cccc1[N+](=O)[O-]. The minimum atomic E-state index is -0.948. The van der Waals surface area contributed by atoms with Gasteiger partial charge in [-0.2, -0.15) is 0 Å². The molecule has 0 aliphatic carbocycles. The van der Waals surface area contributed by atoms with Gasteiger partial charge in [0.05, 0.1) is 10.7 Å². The Kier molecular flexibility index (Phi) is 4.22. The summed E-state index contributed by atoms with van der Waals surface area (Å²) in [5.74, 6) is -0.611. The van der Waals surface area contributed by atoms with E-state index in [1.54, 1.807) is 30.7 Å². The number of hydrogen-bond donors (Lipinski definition) is 1. The summed E-state index contributed by atoms with van der Waals surface area (Å²) in [4.78, 5) is 21.1. The fraction of sp³-hybridized carbons (Fsp3) is 0.250. The quantitative estimate of drug-likeness (QED) is 0.510.